The van der Waals surface area contributed by atoms with Gasteiger partial charge in [-0.2, -0.15) is 13.2 Å². The van der Waals surface area contributed by atoms with Crippen LogP contribution in [0.5, 0.6) is 0 Å². The third kappa shape index (κ3) is 5.67. The van der Waals surface area contributed by atoms with Gasteiger partial charge in [0.2, 0.25) is 0 Å². The van der Waals surface area contributed by atoms with Crippen LogP contribution in [0.3, 0.4) is 0 Å². The van der Waals surface area contributed by atoms with E-state index in [0.717, 1.165) is 40.5 Å². The average Bonchev–Trinajstić information content (AvgIpc) is 2.83. The number of benzene rings is 4. The molecule has 0 saturated carbocycles. The molecule has 0 nitrogen and oxygen atoms in total. The molecule has 0 unspecified atom stereocenters. The summed E-state index contributed by atoms with van der Waals surface area (Å²) in [7, 11) is 0. The molecule has 176 valence electrons. The topological polar surface area (TPSA) is 0 Å². The second-order valence-corrected chi connectivity index (χ2v) is 8.83. The van der Waals surface area contributed by atoms with E-state index in [0.29, 0.717) is 5.56 Å². The smallest absolute Gasteiger partial charge is 0.206 e. The molecule has 4 aromatic carbocycles. The van der Waals surface area contributed by atoms with Crippen molar-refractivity contribution >= 4 is 10.8 Å². The SMILES string of the molecule is CCCCCCCc1ccc2cc(-c3ccc(-c4ccc(C(F)(F)F)cc4)c(F)c3)ccc2c1. The summed E-state index contributed by atoms with van der Waals surface area (Å²) in [4.78, 5) is 0. The standard InChI is InChI=1S/C30H28F4/c1-2-3-4-5-6-7-21-8-9-24-19-25(11-10-23(24)18-21)26-14-17-28(29(31)20-26)22-12-15-27(16-13-22)30(32,33)34/h8-20H,2-7H2,1H3. The molecule has 4 aromatic rings. The lowest BCUT2D eigenvalue weighted by atomic mass is 9.96. The van der Waals surface area contributed by atoms with Gasteiger partial charge in [-0.1, -0.05) is 87.2 Å². The number of hydrogen-bond acceptors (Lipinski definition) is 0. The van der Waals surface area contributed by atoms with E-state index in [4.69, 9.17) is 0 Å². The van der Waals surface area contributed by atoms with Crippen LogP contribution in [0.4, 0.5) is 17.6 Å². The van der Waals surface area contributed by atoms with Crippen molar-refractivity contribution in [1.82, 2.24) is 0 Å². The van der Waals surface area contributed by atoms with Gasteiger partial charge < -0.3 is 0 Å². The van der Waals surface area contributed by atoms with Crippen LogP contribution in [-0.4, -0.2) is 0 Å². The molecule has 0 atom stereocenters. The summed E-state index contributed by atoms with van der Waals surface area (Å²) in [5.74, 6) is -0.462. The minimum atomic E-state index is -4.41. The molecule has 0 heterocycles. The summed E-state index contributed by atoms with van der Waals surface area (Å²) in [5, 5.41) is 2.26. The lowest BCUT2D eigenvalue weighted by Gasteiger charge is -2.10. The van der Waals surface area contributed by atoms with Crippen molar-refractivity contribution in [1.29, 1.82) is 0 Å². The zero-order valence-electron chi connectivity index (χ0n) is 19.3. The minimum Gasteiger partial charge on any atom is -0.206 e. The maximum atomic E-state index is 14.9. The number of hydrogen-bond donors (Lipinski definition) is 0. The lowest BCUT2D eigenvalue weighted by molar-refractivity contribution is -0.137. The Morgan fingerprint density at radius 2 is 1.24 bits per heavy atom. The molecule has 0 spiro atoms. The summed E-state index contributed by atoms with van der Waals surface area (Å²) in [6, 6.07) is 22.0. The molecule has 0 saturated heterocycles. The number of halogens is 4. The van der Waals surface area contributed by atoms with Crippen LogP contribution in [0.25, 0.3) is 33.0 Å². The van der Waals surface area contributed by atoms with E-state index in [9.17, 15) is 17.6 Å². The molecule has 0 bridgehead atoms. The Hall–Kier alpha value is -3.14. The van der Waals surface area contributed by atoms with Crippen molar-refractivity contribution in [3.63, 3.8) is 0 Å². The molecule has 34 heavy (non-hydrogen) atoms. The van der Waals surface area contributed by atoms with Gasteiger partial charge in [0.15, 0.2) is 0 Å². The Morgan fingerprint density at radius 3 is 1.94 bits per heavy atom. The first kappa shape index (κ1) is 24.0. The summed E-state index contributed by atoms with van der Waals surface area (Å²) < 4.78 is 53.3. The second-order valence-electron chi connectivity index (χ2n) is 8.83. The fraction of sp³-hybridized carbons (Fsp3) is 0.267. The highest BCUT2D eigenvalue weighted by molar-refractivity contribution is 5.88. The van der Waals surface area contributed by atoms with Gasteiger partial charge in [0, 0.05) is 5.56 Å². The number of fused-ring (bicyclic) bond motifs is 1. The fourth-order valence-corrected chi connectivity index (χ4v) is 4.33. The van der Waals surface area contributed by atoms with E-state index >= 15 is 0 Å². The van der Waals surface area contributed by atoms with Crippen molar-refractivity contribution in [2.45, 2.75) is 51.6 Å². The Kier molecular flexibility index (Phi) is 7.35. The maximum Gasteiger partial charge on any atom is 0.416 e. The predicted octanol–water partition coefficient (Wildman–Crippen LogP) is 9.84. The number of rotatable bonds is 8. The highest BCUT2D eigenvalue weighted by atomic mass is 19.4. The largest absolute Gasteiger partial charge is 0.416 e. The summed E-state index contributed by atoms with van der Waals surface area (Å²) in [5.41, 5.74) is 2.92. The zero-order valence-corrected chi connectivity index (χ0v) is 19.3. The Bertz CT molecular complexity index is 1250. The van der Waals surface area contributed by atoms with Crippen LogP contribution in [0.15, 0.2) is 78.9 Å². The van der Waals surface area contributed by atoms with Crippen LogP contribution >= 0.6 is 0 Å². The first-order valence-electron chi connectivity index (χ1n) is 11.9. The monoisotopic (exact) mass is 464 g/mol. The molecular formula is C30H28F4. The summed E-state index contributed by atoms with van der Waals surface area (Å²) in [6.07, 6.45) is 2.98. The normalized spacial score (nSPS) is 11.8. The zero-order chi connectivity index (χ0) is 24.1. The second kappa shape index (κ2) is 10.4. The van der Waals surface area contributed by atoms with E-state index in [1.807, 2.05) is 18.2 Å². The maximum absolute atomic E-state index is 14.9. The van der Waals surface area contributed by atoms with Gasteiger partial charge >= 0.3 is 6.18 Å². The van der Waals surface area contributed by atoms with Crippen LogP contribution in [0.2, 0.25) is 0 Å². The molecule has 0 N–H and O–H groups in total. The van der Waals surface area contributed by atoms with E-state index in [1.165, 1.54) is 55.9 Å². The first-order valence-corrected chi connectivity index (χ1v) is 11.9. The third-order valence-corrected chi connectivity index (χ3v) is 6.30. The molecule has 4 rings (SSSR count). The Balaban J connectivity index is 1.51. The van der Waals surface area contributed by atoms with Gasteiger partial charge in [-0.15, -0.1) is 0 Å². The van der Waals surface area contributed by atoms with Gasteiger partial charge in [0.25, 0.3) is 0 Å². The van der Waals surface area contributed by atoms with Crippen molar-refractivity contribution in [2.24, 2.45) is 0 Å². The molecule has 0 aliphatic rings. The van der Waals surface area contributed by atoms with E-state index in [1.54, 1.807) is 6.07 Å². The van der Waals surface area contributed by atoms with Gasteiger partial charge in [0.05, 0.1) is 5.56 Å². The molecule has 0 aliphatic heterocycles. The highest BCUT2D eigenvalue weighted by Crippen LogP contribution is 2.33. The number of alkyl halides is 3. The predicted molar refractivity (Wildman–Crippen MR) is 132 cm³/mol. The third-order valence-electron chi connectivity index (χ3n) is 6.30. The Morgan fingerprint density at radius 1 is 0.618 bits per heavy atom. The quantitative estimate of drug-likeness (QED) is 0.180. The van der Waals surface area contributed by atoms with E-state index in [-0.39, 0.29) is 5.56 Å². The van der Waals surface area contributed by atoms with Crippen LogP contribution in [-0.2, 0) is 12.6 Å². The molecular weight excluding hydrogens is 436 g/mol. The van der Waals surface area contributed by atoms with Crippen LogP contribution < -0.4 is 0 Å². The molecule has 0 aliphatic carbocycles. The van der Waals surface area contributed by atoms with Crippen molar-refractivity contribution in [2.75, 3.05) is 0 Å². The molecule has 4 heteroatoms. The molecule has 0 aromatic heterocycles. The summed E-state index contributed by atoms with van der Waals surface area (Å²) >= 11 is 0. The van der Waals surface area contributed by atoms with Crippen molar-refractivity contribution in [3.8, 4) is 22.3 Å². The summed E-state index contributed by atoms with van der Waals surface area (Å²) in [6.45, 7) is 2.22. The molecule has 0 amide bonds. The minimum absolute atomic E-state index is 0.279. The first-order chi connectivity index (χ1) is 16.3. The van der Waals surface area contributed by atoms with Crippen LogP contribution in [0.1, 0.15) is 50.2 Å². The number of aryl methyl sites for hydroxylation is 1. The molecule has 0 radical (unpaired) electrons. The van der Waals surface area contributed by atoms with Crippen molar-refractivity contribution in [3.05, 3.63) is 95.8 Å². The van der Waals surface area contributed by atoms with Gasteiger partial charge in [-0.05, 0) is 70.1 Å². The average molecular weight is 465 g/mol. The Labute approximate surface area is 198 Å². The fourth-order valence-electron chi connectivity index (χ4n) is 4.33. The lowest BCUT2D eigenvalue weighted by Crippen LogP contribution is -2.04. The van der Waals surface area contributed by atoms with E-state index in [2.05, 4.69) is 31.2 Å². The number of unbranched alkanes of at least 4 members (excludes halogenated alkanes) is 4. The van der Waals surface area contributed by atoms with Crippen molar-refractivity contribution < 1.29 is 17.6 Å². The van der Waals surface area contributed by atoms with E-state index < -0.39 is 17.6 Å². The van der Waals surface area contributed by atoms with Gasteiger partial charge in [0.1, 0.15) is 5.82 Å². The highest BCUT2D eigenvalue weighted by Gasteiger charge is 2.30. The van der Waals surface area contributed by atoms with Crippen LogP contribution in [0, 0.1) is 5.82 Å². The molecule has 0 fully saturated rings. The van der Waals surface area contributed by atoms with Gasteiger partial charge in [-0.3, -0.25) is 0 Å². The van der Waals surface area contributed by atoms with Gasteiger partial charge in [-0.25, -0.2) is 4.39 Å².